The number of hydrogen-bond donors (Lipinski definition) is 1. The van der Waals surface area contributed by atoms with E-state index in [0.29, 0.717) is 12.8 Å². The second-order valence-corrected chi connectivity index (χ2v) is 11.3. The molecule has 0 fully saturated rings. The summed E-state index contributed by atoms with van der Waals surface area (Å²) < 4.78 is 60.4. The number of carbonyl (C=O) groups excluding carboxylic acids is 1. The largest absolute Gasteiger partial charge is 0.465 e. The summed E-state index contributed by atoms with van der Waals surface area (Å²) in [7, 11) is -1.95. The van der Waals surface area contributed by atoms with Gasteiger partial charge in [0.1, 0.15) is 6.04 Å². The van der Waals surface area contributed by atoms with Gasteiger partial charge in [0.15, 0.2) is 0 Å². The SMILES string of the molecule is CCCCCCCCCCC[C@H](C(=O)OCCCC)[C@H](N[S@@](=O)C(C)(C)C)C(F)(F)F. The normalized spacial score (nSPS) is 15.5. The Balaban J connectivity index is 4.98. The minimum atomic E-state index is -4.70. The fraction of sp³-hybridized carbons (Fsp3) is 0.957. The summed E-state index contributed by atoms with van der Waals surface area (Å²) in [5, 5.41) is 0. The van der Waals surface area contributed by atoms with E-state index in [0.717, 1.165) is 32.1 Å². The lowest BCUT2D eigenvalue weighted by Crippen LogP contribution is -2.53. The molecule has 0 aliphatic rings. The van der Waals surface area contributed by atoms with Crippen molar-refractivity contribution in [3.8, 4) is 0 Å². The number of carbonyl (C=O) groups is 1. The monoisotopic (exact) mass is 471 g/mol. The van der Waals surface area contributed by atoms with Gasteiger partial charge in [0.2, 0.25) is 0 Å². The van der Waals surface area contributed by atoms with E-state index in [4.69, 9.17) is 4.74 Å². The number of hydrogen-bond acceptors (Lipinski definition) is 3. The third kappa shape index (κ3) is 14.2. The minimum Gasteiger partial charge on any atom is -0.465 e. The first-order valence-corrected chi connectivity index (χ1v) is 13.0. The number of alkyl halides is 3. The van der Waals surface area contributed by atoms with E-state index >= 15 is 0 Å². The third-order valence-electron chi connectivity index (χ3n) is 5.21. The van der Waals surface area contributed by atoms with Gasteiger partial charge in [0.25, 0.3) is 0 Å². The van der Waals surface area contributed by atoms with E-state index in [2.05, 4.69) is 11.6 Å². The van der Waals surface area contributed by atoms with Crippen LogP contribution in [0.5, 0.6) is 0 Å². The standard InChI is InChI=1S/C23H44F3NO3S/c1-6-8-10-11-12-13-14-15-16-17-19(21(28)30-18-9-7-2)20(23(24,25)26)27-31(29)22(3,4)5/h19-20,27H,6-18H2,1-5H3/t19-,20-,31-/m0/s1. The maximum absolute atomic E-state index is 13.8. The fourth-order valence-corrected chi connectivity index (χ4v) is 4.07. The molecule has 0 aromatic carbocycles. The number of rotatable bonds is 17. The zero-order chi connectivity index (χ0) is 23.9. The Labute approximate surface area is 190 Å². The number of ether oxygens (including phenoxy) is 1. The molecule has 186 valence electrons. The van der Waals surface area contributed by atoms with E-state index in [1.165, 1.54) is 25.7 Å². The summed E-state index contributed by atoms with van der Waals surface area (Å²) in [6.07, 6.45) is 6.05. The highest BCUT2D eigenvalue weighted by atomic mass is 32.2. The van der Waals surface area contributed by atoms with Crippen molar-refractivity contribution in [1.29, 1.82) is 0 Å². The molecule has 0 aromatic rings. The zero-order valence-electron chi connectivity index (χ0n) is 20.1. The first kappa shape index (κ1) is 30.4. The first-order valence-electron chi connectivity index (χ1n) is 11.9. The van der Waals surface area contributed by atoms with Crippen molar-refractivity contribution in [3.63, 3.8) is 0 Å². The summed E-state index contributed by atoms with van der Waals surface area (Å²) in [6, 6.07) is -2.18. The van der Waals surface area contributed by atoms with Crippen LogP contribution in [0.2, 0.25) is 0 Å². The molecule has 31 heavy (non-hydrogen) atoms. The van der Waals surface area contributed by atoms with Crippen LogP contribution in [0.1, 0.15) is 112 Å². The van der Waals surface area contributed by atoms with Gasteiger partial charge in [-0.2, -0.15) is 13.2 Å². The molecule has 0 amide bonds. The Morgan fingerprint density at radius 3 is 1.81 bits per heavy atom. The zero-order valence-corrected chi connectivity index (χ0v) is 20.9. The highest BCUT2D eigenvalue weighted by molar-refractivity contribution is 7.84. The van der Waals surface area contributed by atoms with Crippen LogP contribution in [0, 0.1) is 5.92 Å². The van der Waals surface area contributed by atoms with Gasteiger partial charge in [0.05, 0.1) is 28.3 Å². The quantitative estimate of drug-likeness (QED) is 0.186. The van der Waals surface area contributed by atoms with Gasteiger partial charge in [-0.15, -0.1) is 0 Å². The number of nitrogens with one attached hydrogen (secondary N) is 1. The van der Waals surface area contributed by atoms with Crippen LogP contribution in [0.25, 0.3) is 0 Å². The van der Waals surface area contributed by atoms with E-state index in [9.17, 15) is 22.2 Å². The summed E-state index contributed by atoms with van der Waals surface area (Å²) in [5.74, 6) is -2.25. The average Bonchev–Trinajstić information content (AvgIpc) is 2.66. The van der Waals surface area contributed by atoms with Crippen molar-refractivity contribution in [2.24, 2.45) is 5.92 Å². The van der Waals surface area contributed by atoms with Gasteiger partial charge in [-0.1, -0.05) is 78.1 Å². The van der Waals surface area contributed by atoms with Crippen LogP contribution >= 0.6 is 0 Å². The molecule has 0 spiro atoms. The molecule has 1 N–H and O–H groups in total. The van der Waals surface area contributed by atoms with E-state index in [1.54, 1.807) is 20.8 Å². The van der Waals surface area contributed by atoms with Crippen LogP contribution in [0.4, 0.5) is 13.2 Å². The van der Waals surface area contributed by atoms with Crippen molar-refractivity contribution in [3.05, 3.63) is 0 Å². The lowest BCUT2D eigenvalue weighted by molar-refractivity contribution is -0.179. The van der Waals surface area contributed by atoms with Crippen LogP contribution in [0.15, 0.2) is 0 Å². The number of halogens is 3. The highest BCUT2D eigenvalue weighted by Crippen LogP contribution is 2.31. The van der Waals surface area contributed by atoms with Gasteiger partial charge < -0.3 is 4.74 Å². The van der Waals surface area contributed by atoms with Crippen LogP contribution in [-0.2, 0) is 20.5 Å². The topological polar surface area (TPSA) is 55.4 Å². The maximum Gasteiger partial charge on any atom is 0.405 e. The fourth-order valence-electron chi connectivity index (χ4n) is 3.19. The molecule has 0 unspecified atom stereocenters. The molecule has 0 heterocycles. The number of esters is 1. The van der Waals surface area contributed by atoms with Crippen LogP contribution in [-0.4, -0.2) is 33.8 Å². The predicted octanol–water partition coefficient (Wildman–Crippen LogP) is 6.85. The van der Waals surface area contributed by atoms with Gasteiger partial charge in [-0.05, 0) is 33.6 Å². The molecule has 0 bridgehead atoms. The Hall–Kier alpha value is -0.630. The predicted molar refractivity (Wildman–Crippen MR) is 122 cm³/mol. The molecule has 0 saturated heterocycles. The molecule has 4 nitrogen and oxygen atoms in total. The van der Waals surface area contributed by atoms with Gasteiger partial charge in [-0.25, -0.2) is 8.93 Å². The second kappa shape index (κ2) is 16.1. The van der Waals surface area contributed by atoms with Crippen molar-refractivity contribution in [1.82, 2.24) is 4.72 Å². The highest BCUT2D eigenvalue weighted by Gasteiger charge is 2.49. The second-order valence-electron chi connectivity index (χ2n) is 9.26. The molecule has 8 heteroatoms. The third-order valence-corrected chi connectivity index (χ3v) is 6.79. The lowest BCUT2D eigenvalue weighted by atomic mass is 9.93. The Kier molecular flexibility index (Phi) is 15.7. The van der Waals surface area contributed by atoms with E-state index in [-0.39, 0.29) is 13.0 Å². The van der Waals surface area contributed by atoms with Gasteiger partial charge in [-0.3, -0.25) is 4.79 Å². The number of unbranched alkanes of at least 4 members (excludes halogenated alkanes) is 9. The molecule has 3 atom stereocenters. The van der Waals surface area contributed by atoms with Crippen molar-refractivity contribution >= 4 is 17.0 Å². The smallest absolute Gasteiger partial charge is 0.405 e. The first-order chi connectivity index (χ1) is 14.4. The van der Waals surface area contributed by atoms with Crippen molar-refractivity contribution in [2.75, 3.05) is 6.61 Å². The molecular formula is C23H44F3NO3S. The van der Waals surface area contributed by atoms with Crippen LogP contribution in [0.3, 0.4) is 0 Å². The molecule has 0 aliphatic heterocycles. The van der Waals surface area contributed by atoms with Gasteiger partial charge >= 0.3 is 12.1 Å². The summed E-state index contributed by atoms with van der Waals surface area (Å²) in [4.78, 5) is 12.5. The van der Waals surface area contributed by atoms with Crippen molar-refractivity contribution in [2.45, 2.75) is 129 Å². The summed E-state index contributed by atoms with van der Waals surface area (Å²) in [5.41, 5.74) is 0. The lowest BCUT2D eigenvalue weighted by Gasteiger charge is -2.30. The average molecular weight is 472 g/mol. The summed E-state index contributed by atoms with van der Waals surface area (Å²) >= 11 is 0. The molecular weight excluding hydrogens is 427 g/mol. The Bertz CT molecular complexity index is 507. The molecule has 0 rings (SSSR count). The maximum atomic E-state index is 13.8. The Morgan fingerprint density at radius 2 is 1.35 bits per heavy atom. The van der Waals surface area contributed by atoms with E-state index < -0.39 is 39.8 Å². The van der Waals surface area contributed by atoms with E-state index in [1.807, 2.05) is 6.92 Å². The minimum absolute atomic E-state index is 0.0688. The Morgan fingerprint density at radius 1 is 0.871 bits per heavy atom. The molecule has 0 radical (unpaired) electrons. The van der Waals surface area contributed by atoms with Crippen molar-refractivity contribution < 1.29 is 26.9 Å². The van der Waals surface area contributed by atoms with Gasteiger partial charge in [0, 0.05) is 0 Å². The van der Waals surface area contributed by atoms with Crippen LogP contribution < -0.4 is 4.72 Å². The molecule has 0 saturated carbocycles. The molecule has 0 aromatic heterocycles. The molecule has 0 aliphatic carbocycles. The summed E-state index contributed by atoms with van der Waals surface area (Å²) in [6.45, 7) is 8.98.